The standard InChI is InChI=1S/C10H16N4O2S/c15-8(3-6-17)11-7-9-12-13-10(16-9)14-4-1-2-5-14/h17H,1-7H2,(H,11,15). The van der Waals surface area contributed by atoms with Crippen molar-refractivity contribution in [1.29, 1.82) is 0 Å². The van der Waals surface area contributed by atoms with Gasteiger partial charge in [0.05, 0.1) is 6.54 Å². The van der Waals surface area contributed by atoms with Gasteiger partial charge in [-0.1, -0.05) is 5.10 Å². The SMILES string of the molecule is O=C(CCS)NCc1nnc(N2CCCC2)o1. The average molecular weight is 256 g/mol. The summed E-state index contributed by atoms with van der Waals surface area (Å²) in [5.41, 5.74) is 0. The van der Waals surface area contributed by atoms with Crippen molar-refractivity contribution in [3.05, 3.63) is 5.89 Å². The second-order valence-electron chi connectivity index (χ2n) is 3.92. The molecule has 94 valence electrons. The molecule has 0 bridgehead atoms. The maximum Gasteiger partial charge on any atom is 0.318 e. The van der Waals surface area contributed by atoms with E-state index in [4.69, 9.17) is 4.42 Å². The zero-order chi connectivity index (χ0) is 12.1. The Labute approximate surface area is 105 Å². The molecule has 1 amide bonds. The number of hydrogen-bond donors (Lipinski definition) is 2. The van der Waals surface area contributed by atoms with Crippen LogP contribution < -0.4 is 10.2 Å². The Hall–Kier alpha value is -1.24. The van der Waals surface area contributed by atoms with E-state index in [1.165, 1.54) is 0 Å². The van der Waals surface area contributed by atoms with Gasteiger partial charge in [-0.25, -0.2) is 0 Å². The zero-order valence-corrected chi connectivity index (χ0v) is 10.4. The molecule has 1 fully saturated rings. The lowest BCUT2D eigenvalue weighted by atomic mass is 10.4. The van der Waals surface area contributed by atoms with E-state index in [1.807, 2.05) is 0 Å². The number of rotatable bonds is 5. The van der Waals surface area contributed by atoms with Gasteiger partial charge in [0.1, 0.15) is 0 Å². The van der Waals surface area contributed by atoms with Gasteiger partial charge in [0, 0.05) is 19.5 Å². The largest absolute Gasteiger partial charge is 0.406 e. The lowest BCUT2D eigenvalue weighted by Crippen LogP contribution is -2.22. The molecule has 6 nitrogen and oxygen atoms in total. The Morgan fingerprint density at radius 1 is 1.41 bits per heavy atom. The molecule has 0 spiro atoms. The molecule has 0 aromatic carbocycles. The molecule has 0 aliphatic carbocycles. The van der Waals surface area contributed by atoms with Gasteiger partial charge in [-0.2, -0.15) is 12.6 Å². The van der Waals surface area contributed by atoms with Crippen molar-refractivity contribution < 1.29 is 9.21 Å². The van der Waals surface area contributed by atoms with Crippen molar-refractivity contribution in [2.75, 3.05) is 23.7 Å². The van der Waals surface area contributed by atoms with E-state index in [-0.39, 0.29) is 12.5 Å². The number of nitrogens with zero attached hydrogens (tertiary/aromatic N) is 3. The molecule has 1 aliphatic heterocycles. The minimum atomic E-state index is -0.0547. The summed E-state index contributed by atoms with van der Waals surface area (Å²) in [5.74, 6) is 0.926. The Morgan fingerprint density at radius 2 is 2.18 bits per heavy atom. The Morgan fingerprint density at radius 3 is 2.88 bits per heavy atom. The van der Waals surface area contributed by atoms with Crippen LogP contribution in [0.15, 0.2) is 4.42 Å². The summed E-state index contributed by atoms with van der Waals surface area (Å²) >= 11 is 3.98. The first-order valence-corrected chi connectivity index (χ1v) is 6.37. The zero-order valence-electron chi connectivity index (χ0n) is 9.56. The fourth-order valence-electron chi connectivity index (χ4n) is 1.72. The van der Waals surface area contributed by atoms with Gasteiger partial charge in [0.2, 0.25) is 11.8 Å². The van der Waals surface area contributed by atoms with Crippen molar-refractivity contribution in [1.82, 2.24) is 15.5 Å². The van der Waals surface area contributed by atoms with Crippen molar-refractivity contribution in [2.24, 2.45) is 0 Å². The highest BCUT2D eigenvalue weighted by Crippen LogP contribution is 2.17. The number of carbonyl (C=O) groups excluding carboxylic acids is 1. The maximum atomic E-state index is 11.2. The quantitative estimate of drug-likeness (QED) is 0.755. The first-order valence-electron chi connectivity index (χ1n) is 5.74. The van der Waals surface area contributed by atoms with Gasteiger partial charge in [-0.15, -0.1) is 5.10 Å². The molecular weight excluding hydrogens is 240 g/mol. The normalized spacial score (nSPS) is 15.2. The van der Waals surface area contributed by atoms with Gasteiger partial charge < -0.3 is 14.6 Å². The Kier molecular flexibility index (Phi) is 4.24. The predicted molar refractivity (Wildman–Crippen MR) is 66.1 cm³/mol. The molecule has 0 saturated carbocycles. The highest BCUT2D eigenvalue weighted by atomic mass is 32.1. The van der Waals surface area contributed by atoms with E-state index in [9.17, 15) is 4.79 Å². The van der Waals surface area contributed by atoms with Crippen LogP contribution in [-0.2, 0) is 11.3 Å². The fourth-order valence-corrected chi connectivity index (χ4v) is 1.92. The molecule has 1 aromatic rings. The van der Waals surface area contributed by atoms with Gasteiger partial charge in [0.15, 0.2) is 0 Å². The van der Waals surface area contributed by atoms with E-state index >= 15 is 0 Å². The smallest absolute Gasteiger partial charge is 0.318 e. The molecule has 17 heavy (non-hydrogen) atoms. The molecule has 2 rings (SSSR count). The first-order chi connectivity index (χ1) is 8.29. The average Bonchev–Trinajstić information content (AvgIpc) is 2.97. The third kappa shape index (κ3) is 3.36. The second kappa shape index (κ2) is 5.90. The monoisotopic (exact) mass is 256 g/mol. The Bertz CT molecular complexity index is 376. The van der Waals surface area contributed by atoms with Crippen LogP contribution in [0.5, 0.6) is 0 Å². The van der Waals surface area contributed by atoms with Gasteiger partial charge >= 0.3 is 6.01 Å². The van der Waals surface area contributed by atoms with Crippen molar-refractivity contribution in [3.63, 3.8) is 0 Å². The summed E-state index contributed by atoms with van der Waals surface area (Å²) < 4.78 is 5.47. The highest BCUT2D eigenvalue weighted by molar-refractivity contribution is 7.80. The summed E-state index contributed by atoms with van der Waals surface area (Å²) in [7, 11) is 0. The molecule has 0 unspecified atom stereocenters. The number of carbonyl (C=O) groups is 1. The number of aromatic nitrogens is 2. The molecule has 0 atom stereocenters. The summed E-state index contributed by atoms with van der Waals surface area (Å²) in [6, 6.07) is 0.556. The van der Waals surface area contributed by atoms with Gasteiger partial charge in [-0.3, -0.25) is 4.79 Å². The van der Waals surface area contributed by atoms with Crippen molar-refractivity contribution >= 4 is 24.6 Å². The highest BCUT2D eigenvalue weighted by Gasteiger charge is 2.18. The molecule has 7 heteroatoms. The molecule has 1 saturated heterocycles. The Balaban J connectivity index is 1.83. The minimum Gasteiger partial charge on any atom is -0.406 e. The molecule has 2 heterocycles. The van der Waals surface area contributed by atoms with E-state index in [0.717, 1.165) is 25.9 Å². The first kappa shape index (κ1) is 12.2. The molecule has 0 radical (unpaired) electrons. The summed E-state index contributed by atoms with van der Waals surface area (Å²) in [6.07, 6.45) is 2.73. The lowest BCUT2D eigenvalue weighted by Gasteiger charge is -2.09. The van der Waals surface area contributed by atoms with Crippen LogP contribution >= 0.6 is 12.6 Å². The van der Waals surface area contributed by atoms with Crippen LogP contribution in [0.4, 0.5) is 6.01 Å². The van der Waals surface area contributed by atoms with Gasteiger partial charge in [0.25, 0.3) is 0 Å². The van der Waals surface area contributed by atoms with Crippen LogP contribution in [0, 0.1) is 0 Å². The van der Waals surface area contributed by atoms with Crippen LogP contribution in [0.25, 0.3) is 0 Å². The second-order valence-corrected chi connectivity index (χ2v) is 4.37. The van der Waals surface area contributed by atoms with Crippen LogP contribution in [-0.4, -0.2) is 34.9 Å². The van der Waals surface area contributed by atoms with Gasteiger partial charge in [-0.05, 0) is 18.6 Å². The van der Waals surface area contributed by atoms with Crippen LogP contribution in [0.1, 0.15) is 25.2 Å². The summed E-state index contributed by atoms with van der Waals surface area (Å²) in [6.45, 7) is 2.22. The molecular formula is C10H16N4O2S. The third-order valence-corrected chi connectivity index (χ3v) is 2.83. The van der Waals surface area contributed by atoms with Crippen molar-refractivity contribution in [3.8, 4) is 0 Å². The van der Waals surface area contributed by atoms with E-state index in [1.54, 1.807) is 0 Å². The fraction of sp³-hybridized carbons (Fsp3) is 0.700. The predicted octanol–water partition coefficient (Wildman–Crippen LogP) is 0.606. The minimum absolute atomic E-state index is 0.0547. The molecule has 1 N–H and O–H groups in total. The molecule has 1 aromatic heterocycles. The summed E-state index contributed by atoms with van der Waals surface area (Å²) in [4.78, 5) is 13.3. The third-order valence-electron chi connectivity index (χ3n) is 2.61. The number of thiol groups is 1. The van der Waals surface area contributed by atoms with Crippen molar-refractivity contribution in [2.45, 2.75) is 25.8 Å². The number of nitrogens with one attached hydrogen (secondary N) is 1. The number of anilines is 1. The number of hydrogen-bond acceptors (Lipinski definition) is 6. The number of amides is 1. The lowest BCUT2D eigenvalue weighted by molar-refractivity contribution is -0.120. The van der Waals surface area contributed by atoms with Crippen LogP contribution in [0.3, 0.4) is 0 Å². The van der Waals surface area contributed by atoms with Crippen LogP contribution in [0.2, 0.25) is 0 Å². The summed E-state index contributed by atoms with van der Waals surface area (Å²) in [5, 5.41) is 10.6. The molecule has 1 aliphatic rings. The van der Waals surface area contributed by atoms with E-state index in [0.29, 0.717) is 24.1 Å². The maximum absolute atomic E-state index is 11.2. The van der Waals surface area contributed by atoms with E-state index in [2.05, 4.69) is 33.0 Å². The van der Waals surface area contributed by atoms with E-state index < -0.39 is 0 Å². The topological polar surface area (TPSA) is 71.3 Å².